The summed E-state index contributed by atoms with van der Waals surface area (Å²) in [5.41, 5.74) is 7.68. The van der Waals surface area contributed by atoms with Gasteiger partial charge in [0.1, 0.15) is 0 Å². The maximum atomic E-state index is 10.7. The molecule has 0 saturated carbocycles. The van der Waals surface area contributed by atoms with Crippen LogP contribution < -0.4 is 5.32 Å². The molecule has 2 rings (SSSR count). The van der Waals surface area contributed by atoms with E-state index < -0.39 is 0 Å². The standard InChI is InChI=1S/C16H25NO/c1-9-10(2)12(4)15(13(5)11(9)3)16(18)14-7-6-8-17-14/h14,16-18H,6-8H2,1-5H3. The molecule has 0 bridgehead atoms. The quantitative estimate of drug-likeness (QED) is 0.842. The van der Waals surface area contributed by atoms with Crippen molar-refractivity contribution in [3.05, 3.63) is 33.4 Å². The van der Waals surface area contributed by atoms with Crippen molar-refractivity contribution in [2.45, 2.75) is 59.6 Å². The third-order valence-electron chi connectivity index (χ3n) is 4.83. The average molecular weight is 247 g/mol. The molecule has 2 heteroatoms. The summed E-state index contributed by atoms with van der Waals surface area (Å²) < 4.78 is 0. The second-order valence-corrected chi connectivity index (χ2v) is 5.69. The highest BCUT2D eigenvalue weighted by molar-refractivity contribution is 5.50. The topological polar surface area (TPSA) is 32.3 Å². The molecular weight excluding hydrogens is 222 g/mol. The molecule has 0 aromatic heterocycles. The van der Waals surface area contributed by atoms with Crippen molar-refractivity contribution < 1.29 is 5.11 Å². The van der Waals surface area contributed by atoms with Crippen molar-refractivity contribution in [1.29, 1.82) is 0 Å². The molecule has 100 valence electrons. The Bertz CT molecular complexity index is 430. The Hall–Kier alpha value is -0.860. The van der Waals surface area contributed by atoms with E-state index >= 15 is 0 Å². The molecule has 1 aliphatic heterocycles. The van der Waals surface area contributed by atoms with Crippen molar-refractivity contribution in [3.8, 4) is 0 Å². The molecule has 1 fully saturated rings. The number of hydrogen-bond acceptors (Lipinski definition) is 2. The maximum absolute atomic E-state index is 10.7. The van der Waals surface area contributed by atoms with Gasteiger partial charge in [0.25, 0.3) is 0 Å². The van der Waals surface area contributed by atoms with Gasteiger partial charge in [0.05, 0.1) is 6.10 Å². The van der Waals surface area contributed by atoms with Crippen LogP contribution in [0.5, 0.6) is 0 Å². The number of hydrogen-bond donors (Lipinski definition) is 2. The number of aliphatic hydroxyl groups excluding tert-OH is 1. The predicted octanol–water partition coefficient (Wildman–Crippen LogP) is 3.01. The number of rotatable bonds is 2. The van der Waals surface area contributed by atoms with Crippen LogP contribution in [0.15, 0.2) is 0 Å². The lowest BCUT2D eigenvalue weighted by molar-refractivity contribution is 0.136. The van der Waals surface area contributed by atoms with Crippen molar-refractivity contribution in [3.63, 3.8) is 0 Å². The van der Waals surface area contributed by atoms with Gasteiger partial charge in [-0.25, -0.2) is 0 Å². The van der Waals surface area contributed by atoms with Gasteiger partial charge < -0.3 is 10.4 Å². The molecule has 2 unspecified atom stereocenters. The number of nitrogens with one attached hydrogen (secondary N) is 1. The molecule has 0 aliphatic carbocycles. The first kappa shape index (κ1) is 13.6. The lowest BCUT2D eigenvalue weighted by atomic mass is 9.85. The lowest BCUT2D eigenvalue weighted by Gasteiger charge is -2.26. The van der Waals surface area contributed by atoms with Crippen LogP contribution in [0.4, 0.5) is 0 Å². The predicted molar refractivity (Wildman–Crippen MR) is 76.1 cm³/mol. The van der Waals surface area contributed by atoms with E-state index in [4.69, 9.17) is 0 Å². The first-order valence-corrected chi connectivity index (χ1v) is 6.93. The zero-order chi connectivity index (χ0) is 13.4. The van der Waals surface area contributed by atoms with Crippen LogP contribution in [0.25, 0.3) is 0 Å². The van der Waals surface area contributed by atoms with Crippen LogP contribution in [0.1, 0.15) is 52.3 Å². The van der Waals surface area contributed by atoms with E-state index in [0.29, 0.717) is 0 Å². The lowest BCUT2D eigenvalue weighted by Crippen LogP contribution is -2.30. The van der Waals surface area contributed by atoms with E-state index in [1.54, 1.807) is 0 Å². The van der Waals surface area contributed by atoms with Gasteiger partial charge in [0, 0.05) is 6.04 Å². The highest BCUT2D eigenvalue weighted by atomic mass is 16.3. The fourth-order valence-corrected chi connectivity index (χ4v) is 3.15. The third kappa shape index (κ3) is 2.08. The number of benzene rings is 1. The van der Waals surface area contributed by atoms with E-state index in [-0.39, 0.29) is 12.1 Å². The maximum Gasteiger partial charge on any atom is 0.0948 e. The Morgan fingerprint density at radius 3 is 1.89 bits per heavy atom. The highest BCUT2D eigenvalue weighted by Crippen LogP contribution is 2.33. The zero-order valence-electron chi connectivity index (χ0n) is 12.2. The van der Waals surface area contributed by atoms with Gasteiger partial charge >= 0.3 is 0 Å². The first-order valence-electron chi connectivity index (χ1n) is 6.93. The van der Waals surface area contributed by atoms with Crippen LogP contribution in [-0.4, -0.2) is 17.7 Å². The van der Waals surface area contributed by atoms with E-state index in [2.05, 4.69) is 39.9 Å². The molecule has 1 saturated heterocycles. The van der Waals surface area contributed by atoms with Gasteiger partial charge in [0.15, 0.2) is 0 Å². The van der Waals surface area contributed by atoms with Gasteiger partial charge in [-0.05, 0) is 87.4 Å². The van der Waals surface area contributed by atoms with Gasteiger partial charge in [-0.15, -0.1) is 0 Å². The van der Waals surface area contributed by atoms with Gasteiger partial charge in [-0.2, -0.15) is 0 Å². The van der Waals surface area contributed by atoms with Gasteiger partial charge in [-0.1, -0.05) is 0 Å². The van der Waals surface area contributed by atoms with Crippen molar-refractivity contribution in [2.24, 2.45) is 0 Å². The molecule has 1 heterocycles. The van der Waals surface area contributed by atoms with E-state index in [1.807, 2.05) is 0 Å². The molecule has 0 radical (unpaired) electrons. The fraction of sp³-hybridized carbons (Fsp3) is 0.625. The Labute approximate surface area is 110 Å². The van der Waals surface area contributed by atoms with Crippen molar-refractivity contribution >= 4 is 0 Å². The van der Waals surface area contributed by atoms with Crippen LogP contribution in [0.3, 0.4) is 0 Å². The van der Waals surface area contributed by atoms with Crippen molar-refractivity contribution in [1.82, 2.24) is 5.32 Å². The Balaban J connectivity index is 2.49. The summed E-state index contributed by atoms with van der Waals surface area (Å²) in [6.45, 7) is 11.8. The molecule has 2 atom stereocenters. The monoisotopic (exact) mass is 247 g/mol. The molecule has 1 aromatic rings. The molecule has 18 heavy (non-hydrogen) atoms. The summed E-state index contributed by atoms with van der Waals surface area (Å²) in [6.07, 6.45) is 1.88. The molecule has 1 aliphatic rings. The van der Waals surface area contributed by atoms with Gasteiger partial charge in [0.2, 0.25) is 0 Å². The summed E-state index contributed by atoms with van der Waals surface area (Å²) in [5.74, 6) is 0. The normalized spacial score (nSPS) is 21.3. The SMILES string of the molecule is Cc1c(C)c(C)c(C(O)C2CCCN2)c(C)c1C. The Morgan fingerprint density at radius 2 is 1.44 bits per heavy atom. The first-order chi connectivity index (χ1) is 8.45. The fourth-order valence-electron chi connectivity index (χ4n) is 3.15. The molecule has 0 amide bonds. The summed E-state index contributed by atoms with van der Waals surface area (Å²) in [6, 6.07) is 0.226. The van der Waals surface area contributed by atoms with Crippen LogP contribution in [0.2, 0.25) is 0 Å². The van der Waals surface area contributed by atoms with Crippen LogP contribution in [0, 0.1) is 34.6 Å². The van der Waals surface area contributed by atoms with Crippen molar-refractivity contribution in [2.75, 3.05) is 6.54 Å². The van der Waals surface area contributed by atoms with Crippen LogP contribution in [-0.2, 0) is 0 Å². The molecule has 2 N–H and O–H groups in total. The summed E-state index contributed by atoms with van der Waals surface area (Å²) in [4.78, 5) is 0. The van der Waals surface area contributed by atoms with E-state index in [9.17, 15) is 5.11 Å². The smallest absolute Gasteiger partial charge is 0.0948 e. The van der Waals surface area contributed by atoms with E-state index in [1.165, 1.54) is 34.2 Å². The summed E-state index contributed by atoms with van der Waals surface area (Å²) in [7, 11) is 0. The minimum absolute atomic E-state index is 0.226. The molecule has 0 spiro atoms. The second-order valence-electron chi connectivity index (χ2n) is 5.69. The largest absolute Gasteiger partial charge is 0.387 e. The highest BCUT2D eigenvalue weighted by Gasteiger charge is 2.27. The zero-order valence-corrected chi connectivity index (χ0v) is 12.2. The second kappa shape index (κ2) is 5.02. The third-order valence-corrected chi connectivity index (χ3v) is 4.83. The minimum Gasteiger partial charge on any atom is -0.387 e. The molecular formula is C16H25NO. The van der Waals surface area contributed by atoms with Gasteiger partial charge in [-0.3, -0.25) is 0 Å². The van der Waals surface area contributed by atoms with Crippen LogP contribution >= 0.6 is 0 Å². The minimum atomic E-state index is -0.370. The van der Waals surface area contributed by atoms with E-state index in [0.717, 1.165) is 18.5 Å². The number of aliphatic hydroxyl groups is 1. The Kier molecular flexibility index (Phi) is 3.79. The molecule has 1 aromatic carbocycles. The molecule has 2 nitrogen and oxygen atoms in total. The Morgan fingerprint density at radius 1 is 0.944 bits per heavy atom. The summed E-state index contributed by atoms with van der Waals surface area (Å²) >= 11 is 0. The summed E-state index contributed by atoms with van der Waals surface area (Å²) in [5, 5.41) is 14.1. The average Bonchev–Trinajstić information content (AvgIpc) is 2.88.